The molecule has 0 radical (unpaired) electrons. The van der Waals surface area contributed by atoms with E-state index < -0.39 is 87.6 Å². The van der Waals surface area contributed by atoms with Gasteiger partial charge in [-0.2, -0.15) is 0 Å². The summed E-state index contributed by atoms with van der Waals surface area (Å²) in [4.78, 5) is 81.1. The minimum Gasteiger partial charge on any atom is -0.445 e. The molecule has 0 saturated carbocycles. The number of hydrogen-bond donors (Lipinski definition) is 7. The topological polar surface area (TPSA) is 204 Å². The van der Waals surface area contributed by atoms with E-state index >= 15 is 0 Å². The van der Waals surface area contributed by atoms with Crippen LogP contribution in [-0.2, 0) is 47.3 Å². The van der Waals surface area contributed by atoms with Gasteiger partial charge in [0.1, 0.15) is 52.0 Å². The summed E-state index contributed by atoms with van der Waals surface area (Å²) in [6.45, 7) is 10.8. The Hall–Kier alpha value is -6.68. The quantitative estimate of drug-likeness (QED) is 0.0761. The van der Waals surface area contributed by atoms with Crippen LogP contribution >= 0.6 is 0 Å². The summed E-state index contributed by atoms with van der Waals surface area (Å²) in [7, 11) is 0. The van der Waals surface area contributed by atoms with Crippen LogP contribution in [0.15, 0.2) is 109 Å². The van der Waals surface area contributed by atoms with Gasteiger partial charge in [-0.15, -0.1) is 0 Å². The average Bonchev–Trinajstić information content (AvgIpc) is 3.22. The Morgan fingerprint density at radius 2 is 0.921 bits per heavy atom. The molecule has 1 atom stereocenters. The van der Waals surface area contributed by atoms with Crippen molar-refractivity contribution in [2.75, 3.05) is 6.54 Å². The van der Waals surface area contributed by atoms with Crippen LogP contribution in [0.4, 0.5) is 13.6 Å². The second-order valence-electron chi connectivity index (χ2n) is 17.4. The Morgan fingerprint density at radius 3 is 1.35 bits per heavy atom. The maximum atomic E-state index is 13.8. The molecular formula is C47H56F2N6O8. The first-order valence-electron chi connectivity index (χ1n) is 20.2. The van der Waals surface area contributed by atoms with E-state index in [0.717, 1.165) is 35.4 Å². The van der Waals surface area contributed by atoms with Crippen molar-refractivity contribution in [2.24, 2.45) is 0 Å². The van der Waals surface area contributed by atoms with Crippen LogP contribution < -0.4 is 31.9 Å². The Balaban J connectivity index is 1.38. The van der Waals surface area contributed by atoms with Crippen molar-refractivity contribution in [1.82, 2.24) is 31.9 Å². The minimum atomic E-state index is -1.92. The number of aliphatic hydroxyl groups is 1. The minimum absolute atomic E-state index is 0.0335. The molecule has 0 aliphatic heterocycles. The van der Waals surface area contributed by atoms with Crippen molar-refractivity contribution in [3.8, 4) is 0 Å². The molecule has 4 aromatic carbocycles. The van der Waals surface area contributed by atoms with E-state index in [1.165, 1.54) is 79.7 Å². The molecule has 0 fully saturated rings. The van der Waals surface area contributed by atoms with Crippen LogP contribution in [0, 0.1) is 11.6 Å². The van der Waals surface area contributed by atoms with E-state index in [1.54, 1.807) is 54.6 Å². The molecule has 7 N–H and O–H groups in total. The van der Waals surface area contributed by atoms with Gasteiger partial charge < -0.3 is 41.7 Å². The monoisotopic (exact) mass is 870 g/mol. The third kappa shape index (κ3) is 13.4. The number of hydrogen-bond acceptors (Lipinski definition) is 8. The zero-order valence-corrected chi connectivity index (χ0v) is 36.7. The van der Waals surface area contributed by atoms with Gasteiger partial charge >= 0.3 is 6.09 Å². The maximum Gasteiger partial charge on any atom is 0.408 e. The third-order valence-corrected chi connectivity index (χ3v) is 10.2. The fraction of sp³-hybridized carbons (Fsp3) is 0.362. The van der Waals surface area contributed by atoms with Crippen LogP contribution in [0.2, 0.25) is 0 Å². The molecule has 336 valence electrons. The molecule has 16 heteroatoms. The molecule has 0 aromatic heterocycles. The SMILES string of the molecule is CC(C)(NC(=O)[C@H](Cc1ccccc1)NC(=O)OCc1ccccc1)C(=O)NC(C)(C)C(=O)NC(C)(C)C(=O)NC(C)(C)C(=O)NCC(O)(c1ccc(F)cc1)c1ccc(F)cc1. The van der Waals surface area contributed by atoms with Crippen molar-refractivity contribution >= 4 is 35.6 Å². The lowest BCUT2D eigenvalue weighted by molar-refractivity contribution is -0.141. The van der Waals surface area contributed by atoms with Crippen molar-refractivity contribution in [2.45, 2.75) is 102 Å². The Labute approximate surface area is 366 Å². The first-order valence-corrected chi connectivity index (χ1v) is 20.2. The van der Waals surface area contributed by atoms with Gasteiger partial charge in [0, 0.05) is 6.42 Å². The Bertz CT molecular complexity index is 2210. The molecule has 0 aliphatic rings. The fourth-order valence-corrected chi connectivity index (χ4v) is 6.16. The lowest BCUT2D eigenvalue weighted by Gasteiger charge is -2.36. The number of benzene rings is 4. The van der Waals surface area contributed by atoms with Crippen molar-refractivity contribution in [3.05, 3.63) is 143 Å². The van der Waals surface area contributed by atoms with Crippen LogP contribution in [0.1, 0.15) is 77.6 Å². The zero-order valence-electron chi connectivity index (χ0n) is 36.7. The molecule has 0 unspecified atom stereocenters. The fourth-order valence-electron chi connectivity index (χ4n) is 6.16. The van der Waals surface area contributed by atoms with Gasteiger partial charge in [-0.05, 0) is 102 Å². The van der Waals surface area contributed by atoms with Crippen LogP contribution in [0.3, 0.4) is 0 Å². The summed E-state index contributed by atoms with van der Waals surface area (Å²) in [5.41, 5.74) is -6.58. The first-order chi connectivity index (χ1) is 29.3. The van der Waals surface area contributed by atoms with Crippen molar-refractivity contribution in [3.63, 3.8) is 0 Å². The van der Waals surface area contributed by atoms with Gasteiger partial charge in [-0.25, -0.2) is 13.6 Å². The molecule has 63 heavy (non-hydrogen) atoms. The van der Waals surface area contributed by atoms with E-state index in [-0.39, 0.29) is 24.2 Å². The largest absolute Gasteiger partial charge is 0.445 e. The molecule has 14 nitrogen and oxygen atoms in total. The van der Waals surface area contributed by atoms with Crippen LogP contribution in [0.25, 0.3) is 0 Å². The third-order valence-electron chi connectivity index (χ3n) is 10.2. The van der Waals surface area contributed by atoms with Crippen LogP contribution in [0.5, 0.6) is 0 Å². The molecule has 0 saturated heterocycles. The van der Waals surface area contributed by atoms with Gasteiger partial charge in [-0.3, -0.25) is 24.0 Å². The Kier molecular flexibility index (Phi) is 15.6. The molecule has 6 amide bonds. The second kappa shape index (κ2) is 20.0. The highest BCUT2D eigenvalue weighted by atomic mass is 19.1. The number of halogens is 2. The van der Waals surface area contributed by atoms with Gasteiger partial charge in [0.25, 0.3) is 0 Å². The van der Waals surface area contributed by atoms with Gasteiger partial charge in [-0.1, -0.05) is 84.9 Å². The first kappa shape index (κ1) is 49.0. The molecule has 0 spiro atoms. The molecular weight excluding hydrogens is 815 g/mol. The normalized spacial score (nSPS) is 12.6. The highest BCUT2D eigenvalue weighted by Crippen LogP contribution is 2.30. The van der Waals surface area contributed by atoms with E-state index in [4.69, 9.17) is 4.74 Å². The molecule has 4 aromatic rings. The van der Waals surface area contributed by atoms with Crippen molar-refractivity contribution < 1.29 is 47.4 Å². The number of rotatable bonds is 18. The summed E-state index contributed by atoms with van der Waals surface area (Å²) in [6, 6.07) is 26.6. The molecule has 0 heterocycles. The summed E-state index contributed by atoms with van der Waals surface area (Å²) in [6.07, 6.45) is -0.774. The van der Waals surface area contributed by atoms with E-state index in [2.05, 4.69) is 31.9 Å². The van der Waals surface area contributed by atoms with E-state index in [1.807, 2.05) is 6.07 Å². The summed E-state index contributed by atoms with van der Waals surface area (Å²) >= 11 is 0. The smallest absolute Gasteiger partial charge is 0.408 e. The number of carbonyl (C=O) groups is 6. The van der Waals surface area contributed by atoms with E-state index in [9.17, 15) is 42.7 Å². The number of ether oxygens (including phenoxy) is 1. The van der Waals surface area contributed by atoms with Gasteiger partial charge in [0.05, 0.1) is 6.54 Å². The standard InChI is InChI=1S/C47H56F2N6O8/c1-43(2,38(57)50-29-47(62,32-19-23-34(48)24-20-32)33-21-25-35(49)26-22-33)53-40(59)45(5,6)55-41(60)46(7,8)54-39(58)44(3,4)52-37(56)36(27-30-15-11-9-12-16-30)51-42(61)63-28-31-17-13-10-14-18-31/h9-26,36,62H,27-29H2,1-8H3,(H,50,57)(H,51,61)(H,52,56)(H,53,59)(H,54,58)(H,55,60)/t36-/m0/s1. The van der Waals surface area contributed by atoms with Crippen LogP contribution in [-0.4, -0.2) is 75.5 Å². The number of nitrogens with one attached hydrogen (secondary N) is 6. The van der Waals surface area contributed by atoms with Crippen molar-refractivity contribution in [1.29, 1.82) is 0 Å². The lowest BCUT2D eigenvalue weighted by atomic mass is 9.86. The van der Waals surface area contributed by atoms with Gasteiger partial charge in [0.15, 0.2) is 0 Å². The lowest BCUT2D eigenvalue weighted by Crippen LogP contribution is -2.68. The predicted octanol–water partition coefficient (Wildman–Crippen LogP) is 4.43. The average molecular weight is 871 g/mol. The molecule has 4 rings (SSSR count). The Morgan fingerprint density at radius 1 is 0.540 bits per heavy atom. The summed E-state index contributed by atoms with van der Waals surface area (Å²) in [5.74, 6) is -4.87. The highest BCUT2D eigenvalue weighted by Gasteiger charge is 2.43. The number of alkyl carbamates (subject to hydrolysis) is 1. The van der Waals surface area contributed by atoms with E-state index in [0.29, 0.717) is 0 Å². The summed E-state index contributed by atoms with van der Waals surface area (Å²) in [5, 5.41) is 27.5. The number of carbonyl (C=O) groups excluding carboxylic acids is 6. The molecule has 0 bridgehead atoms. The van der Waals surface area contributed by atoms with Gasteiger partial charge in [0.2, 0.25) is 29.5 Å². The second-order valence-corrected chi connectivity index (χ2v) is 17.4. The maximum absolute atomic E-state index is 13.8. The number of amides is 6. The highest BCUT2D eigenvalue weighted by molar-refractivity contribution is 6.00. The molecule has 0 aliphatic carbocycles. The zero-order chi connectivity index (χ0) is 46.8. The summed E-state index contributed by atoms with van der Waals surface area (Å²) < 4.78 is 32.9. The predicted molar refractivity (Wildman–Crippen MR) is 231 cm³/mol.